The van der Waals surface area contributed by atoms with Gasteiger partial charge in [-0.2, -0.15) is 0 Å². The fourth-order valence-electron chi connectivity index (χ4n) is 2.35. The summed E-state index contributed by atoms with van der Waals surface area (Å²) in [5.41, 5.74) is 3.22. The Balaban J connectivity index is 1.83. The third-order valence-electron chi connectivity index (χ3n) is 3.84. The van der Waals surface area contributed by atoms with E-state index in [4.69, 9.17) is 17.0 Å². The summed E-state index contributed by atoms with van der Waals surface area (Å²) in [4.78, 5) is 14.3. The van der Waals surface area contributed by atoms with E-state index in [0.717, 1.165) is 16.9 Å². The van der Waals surface area contributed by atoms with E-state index in [9.17, 15) is 4.79 Å². The van der Waals surface area contributed by atoms with Crippen LogP contribution in [0.5, 0.6) is 5.75 Å². The first-order valence-corrected chi connectivity index (χ1v) is 8.76. The van der Waals surface area contributed by atoms with Crippen molar-refractivity contribution in [3.8, 4) is 5.75 Å². The highest BCUT2D eigenvalue weighted by Gasteiger charge is 2.28. The van der Waals surface area contributed by atoms with Crippen LogP contribution in [0.15, 0.2) is 53.4 Å². The van der Waals surface area contributed by atoms with Gasteiger partial charge in [0.2, 0.25) is 0 Å². The van der Waals surface area contributed by atoms with Gasteiger partial charge in [0.25, 0.3) is 5.91 Å². The van der Waals surface area contributed by atoms with Gasteiger partial charge in [0.15, 0.2) is 0 Å². The van der Waals surface area contributed by atoms with Crippen LogP contribution in [-0.4, -0.2) is 22.2 Å². The van der Waals surface area contributed by atoms with Crippen molar-refractivity contribution in [3.63, 3.8) is 0 Å². The van der Waals surface area contributed by atoms with Crippen molar-refractivity contribution in [2.24, 2.45) is 0 Å². The van der Waals surface area contributed by atoms with Crippen molar-refractivity contribution in [2.75, 3.05) is 7.05 Å². The minimum atomic E-state index is -0.0706. The summed E-state index contributed by atoms with van der Waals surface area (Å²) in [5, 5.41) is 0. The Hall–Kier alpha value is -2.11. The highest BCUT2D eigenvalue weighted by molar-refractivity contribution is 8.26. The Bertz CT molecular complexity index is 830. The number of amides is 1. The van der Waals surface area contributed by atoms with Gasteiger partial charge in [-0.3, -0.25) is 9.69 Å². The Kier molecular flexibility index (Phi) is 5.02. The van der Waals surface area contributed by atoms with E-state index in [1.165, 1.54) is 22.2 Å². The molecule has 1 saturated heterocycles. The van der Waals surface area contributed by atoms with Crippen LogP contribution in [-0.2, 0) is 11.4 Å². The van der Waals surface area contributed by atoms with Crippen LogP contribution in [0.1, 0.15) is 16.7 Å². The summed E-state index contributed by atoms with van der Waals surface area (Å²) in [7, 11) is 1.69. The molecule has 1 amide bonds. The molecule has 3 nitrogen and oxygen atoms in total. The van der Waals surface area contributed by atoms with Crippen molar-refractivity contribution in [2.45, 2.75) is 13.5 Å². The van der Waals surface area contributed by atoms with Gasteiger partial charge in [0.05, 0.1) is 4.91 Å². The van der Waals surface area contributed by atoms with Crippen LogP contribution < -0.4 is 4.74 Å². The van der Waals surface area contributed by atoms with Crippen LogP contribution in [0.2, 0.25) is 0 Å². The Morgan fingerprint density at radius 2 is 1.88 bits per heavy atom. The molecule has 0 spiro atoms. The number of rotatable bonds is 4. The number of ether oxygens (including phenoxy) is 1. The van der Waals surface area contributed by atoms with Gasteiger partial charge in [0, 0.05) is 12.6 Å². The maximum absolute atomic E-state index is 12.2. The van der Waals surface area contributed by atoms with Gasteiger partial charge in [-0.05, 0) is 30.2 Å². The average molecular weight is 355 g/mol. The molecule has 2 aromatic carbocycles. The van der Waals surface area contributed by atoms with Gasteiger partial charge < -0.3 is 4.74 Å². The average Bonchev–Trinajstić information content (AvgIpc) is 2.82. The normalized spacial score (nSPS) is 16.1. The second kappa shape index (κ2) is 7.20. The lowest BCUT2D eigenvalue weighted by atomic mass is 10.1. The molecule has 3 rings (SSSR count). The van der Waals surface area contributed by atoms with Crippen molar-refractivity contribution in [1.29, 1.82) is 0 Å². The molecule has 5 heteroatoms. The fourth-order valence-corrected chi connectivity index (χ4v) is 3.52. The third kappa shape index (κ3) is 3.52. The zero-order chi connectivity index (χ0) is 17.1. The molecule has 0 aliphatic carbocycles. The standard InChI is InChI=1S/C19H17NO2S2/c1-13-7-3-4-9-15(13)12-22-16-10-6-5-8-14(16)11-17-18(21)20(2)19(23)24-17/h3-11H,12H2,1-2H3/b17-11-. The fraction of sp³-hybridized carbons (Fsp3) is 0.158. The van der Waals surface area contributed by atoms with Crippen molar-refractivity contribution in [3.05, 3.63) is 70.1 Å². The second-order valence-corrected chi connectivity index (χ2v) is 7.17. The van der Waals surface area contributed by atoms with E-state index < -0.39 is 0 Å². The second-order valence-electron chi connectivity index (χ2n) is 5.49. The zero-order valence-electron chi connectivity index (χ0n) is 13.5. The number of carbonyl (C=O) groups excluding carboxylic acids is 1. The lowest BCUT2D eigenvalue weighted by molar-refractivity contribution is -0.121. The number of thioether (sulfide) groups is 1. The third-order valence-corrected chi connectivity index (χ3v) is 5.32. The van der Waals surface area contributed by atoms with E-state index in [1.54, 1.807) is 7.05 Å². The maximum atomic E-state index is 12.2. The summed E-state index contributed by atoms with van der Waals surface area (Å²) in [6.07, 6.45) is 1.84. The molecule has 2 aromatic rings. The lowest BCUT2D eigenvalue weighted by Gasteiger charge is -2.11. The summed E-state index contributed by atoms with van der Waals surface area (Å²) in [6.45, 7) is 2.56. The molecule has 1 heterocycles. The molecule has 0 aromatic heterocycles. The Morgan fingerprint density at radius 3 is 2.58 bits per heavy atom. The zero-order valence-corrected chi connectivity index (χ0v) is 15.1. The van der Waals surface area contributed by atoms with Crippen LogP contribution in [0, 0.1) is 6.92 Å². The van der Waals surface area contributed by atoms with E-state index >= 15 is 0 Å². The first-order valence-electron chi connectivity index (χ1n) is 7.54. The molecule has 0 radical (unpaired) electrons. The first kappa shape index (κ1) is 16.7. The summed E-state index contributed by atoms with van der Waals surface area (Å²) in [5.74, 6) is 0.681. The first-order chi connectivity index (χ1) is 11.6. The molecule has 1 aliphatic heterocycles. The van der Waals surface area contributed by atoms with Gasteiger partial charge >= 0.3 is 0 Å². The predicted octanol–water partition coefficient (Wildman–Crippen LogP) is 4.41. The minimum absolute atomic E-state index is 0.0706. The van der Waals surface area contributed by atoms with Crippen LogP contribution >= 0.6 is 24.0 Å². The van der Waals surface area contributed by atoms with Crippen LogP contribution in [0.25, 0.3) is 6.08 Å². The van der Waals surface area contributed by atoms with E-state index in [-0.39, 0.29) is 5.91 Å². The molecule has 0 saturated carbocycles. The van der Waals surface area contributed by atoms with E-state index in [0.29, 0.717) is 15.8 Å². The number of hydrogen-bond acceptors (Lipinski definition) is 4. The molecule has 0 atom stereocenters. The number of hydrogen-bond donors (Lipinski definition) is 0. The van der Waals surface area contributed by atoms with E-state index in [2.05, 4.69) is 19.1 Å². The van der Waals surface area contributed by atoms with Gasteiger partial charge in [-0.1, -0.05) is 66.4 Å². The molecule has 0 bridgehead atoms. The predicted molar refractivity (Wildman–Crippen MR) is 103 cm³/mol. The van der Waals surface area contributed by atoms with Gasteiger partial charge in [0.1, 0.15) is 16.7 Å². The Labute approximate surface area is 151 Å². The Morgan fingerprint density at radius 1 is 1.17 bits per heavy atom. The number of likely N-dealkylation sites (N-methyl/N-ethyl adjacent to an activating group) is 1. The number of para-hydroxylation sites is 1. The summed E-state index contributed by atoms with van der Waals surface area (Å²) >= 11 is 6.49. The number of aryl methyl sites for hydroxylation is 1. The molecular formula is C19H17NO2S2. The lowest BCUT2D eigenvalue weighted by Crippen LogP contribution is -2.22. The summed E-state index contributed by atoms with van der Waals surface area (Å²) in [6, 6.07) is 15.8. The molecule has 24 heavy (non-hydrogen) atoms. The number of carbonyl (C=O) groups is 1. The molecule has 0 unspecified atom stereocenters. The number of nitrogens with zero attached hydrogens (tertiary/aromatic N) is 1. The molecule has 0 N–H and O–H groups in total. The molecular weight excluding hydrogens is 338 g/mol. The monoisotopic (exact) mass is 355 g/mol. The number of thiocarbonyl (C=S) groups is 1. The molecule has 122 valence electrons. The quantitative estimate of drug-likeness (QED) is 0.600. The van der Waals surface area contributed by atoms with Crippen LogP contribution in [0.4, 0.5) is 0 Å². The highest BCUT2D eigenvalue weighted by Crippen LogP contribution is 2.33. The van der Waals surface area contributed by atoms with E-state index in [1.807, 2.05) is 42.5 Å². The highest BCUT2D eigenvalue weighted by atomic mass is 32.2. The SMILES string of the molecule is Cc1ccccc1COc1ccccc1/C=C1\SC(=S)N(C)C1=O. The van der Waals surface area contributed by atoms with Crippen molar-refractivity contribution >= 4 is 40.3 Å². The molecule has 1 fully saturated rings. The summed E-state index contributed by atoms with van der Waals surface area (Å²) < 4.78 is 6.57. The largest absolute Gasteiger partial charge is 0.488 e. The number of benzene rings is 2. The smallest absolute Gasteiger partial charge is 0.265 e. The maximum Gasteiger partial charge on any atom is 0.265 e. The molecule has 1 aliphatic rings. The van der Waals surface area contributed by atoms with Gasteiger partial charge in [-0.15, -0.1) is 0 Å². The van der Waals surface area contributed by atoms with Gasteiger partial charge in [-0.25, -0.2) is 0 Å². The topological polar surface area (TPSA) is 29.5 Å². The van der Waals surface area contributed by atoms with Crippen molar-refractivity contribution in [1.82, 2.24) is 4.90 Å². The van der Waals surface area contributed by atoms with Crippen LogP contribution in [0.3, 0.4) is 0 Å². The van der Waals surface area contributed by atoms with Crippen molar-refractivity contribution < 1.29 is 9.53 Å². The minimum Gasteiger partial charge on any atom is -0.488 e.